The maximum Gasteiger partial charge on any atom is 0.217 e. The lowest BCUT2D eigenvalue weighted by Gasteiger charge is -2.14. The molecule has 150 valence electrons. The molecule has 5 rings (SSSR count). The van der Waals surface area contributed by atoms with Crippen LogP contribution >= 0.6 is 11.6 Å². The first-order chi connectivity index (χ1) is 14.5. The summed E-state index contributed by atoms with van der Waals surface area (Å²) in [5.41, 5.74) is 11.5. The largest absolute Gasteiger partial charge is 0.383 e. The number of nitrogens with zero attached hydrogens (tertiary/aromatic N) is 4. The number of imidazole rings is 1. The summed E-state index contributed by atoms with van der Waals surface area (Å²) in [6.07, 6.45) is 3.42. The molecule has 8 heteroatoms. The number of carbonyl (C=O) groups is 1. The lowest BCUT2D eigenvalue weighted by molar-refractivity contribution is -0.119. The monoisotopic (exact) mass is 418 g/mol. The summed E-state index contributed by atoms with van der Waals surface area (Å²) in [5.74, 6) is 1.03. The van der Waals surface area contributed by atoms with Crippen LogP contribution in [-0.4, -0.2) is 25.4 Å². The van der Waals surface area contributed by atoms with Gasteiger partial charge in [0.05, 0.1) is 11.6 Å². The minimum absolute atomic E-state index is 0.0225. The standard InChI is InChI=1S/C22H19ClN6O/c1-12(30)26-17-7-4-13-11-14(5-6-15(13)17)29-21(16-3-2-10-25-20(16)24)27-18-8-9-19(23)28-22(18)29/h2-3,5-6,8-11,17H,4,7H2,1H3,(H2,24,25)(H,26,30). The summed E-state index contributed by atoms with van der Waals surface area (Å²) >= 11 is 6.20. The van der Waals surface area contributed by atoms with Gasteiger partial charge in [0.15, 0.2) is 11.5 Å². The van der Waals surface area contributed by atoms with Gasteiger partial charge in [-0.25, -0.2) is 15.0 Å². The minimum Gasteiger partial charge on any atom is -0.383 e. The predicted molar refractivity (Wildman–Crippen MR) is 116 cm³/mol. The second-order valence-corrected chi connectivity index (χ2v) is 7.75. The normalized spacial score (nSPS) is 15.3. The van der Waals surface area contributed by atoms with Crippen LogP contribution in [0.2, 0.25) is 5.15 Å². The summed E-state index contributed by atoms with van der Waals surface area (Å²) in [4.78, 5) is 25.0. The van der Waals surface area contributed by atoms with E-state index in [4.69, 9.17) is 22.3 Å². The number of benzene rings is 1. The maximum atomic E-state index is 11.5. The van der Waals surface area contributed by atoms with Gasteiger partial charge in [-0.2, -0.15) is 0 Å². The number of nitrogen functional groups attached to an aromatic ring is 1. The molecule has 0 bridgehead atoms. The highest BCUT2D eigenvalue weighted by atomic mass is 35.5. The van der Waals surface area contributed by atoms with Gasteiger partial charge in [0.2, 0.25) is 5.91 Å². The van der Waals surface area contributed by atoms with Crippen LogP contribution in [0.1, 0.15) is 30.5 Å². The number of rotatable bonds is 3. The molecule has 0 aliphatic heterocycles. The molecule has 1 aliphatic rings. The average molecular weight is 419 g/mol. The van der Waals surface area contributed by atoms with E-state index >= 15 is 0 Å². The third-order valence-corrected chi connectivity index (χ3v) is 5.60. The molecule has 3 N–H and O–H groups in total. The Bertz CT molecular complexity index is 1300. The van der Waals surface area contributed by atoms with Crippen LogP contribution in [-0.2, 0) is 11.2 Å². The lowest BCUT2D eigenvalue weighted by atomic mass is 10.1. The number of aryl methyl sites for hydroxylation is 1. The van der Waals surface area contributed by atoms with E-state index < -0.39 is 0 Å². The first kappa shape index (κ1) is 18.6. The van der Waals surface area contributed by atoms with Crippen LogP contribution in [0.15, 0.2) is 48.7 Å². The molecular formula is C22H19ClN6O. The van der Waals surface area contributed by atoms with Crippen molar-refractivity contribution in [1.82, 2.24) is 24.8 Å². The molecule has 0 radical (unpaired) electrons. The number of fused-ring (bicyclic) bond motifs is 2. The molecule has 0 spiro atoms. The van der Waals surface area contributed by atoms with Crippen molar-refractivity contribution in [3.63, 3.8) is 0 Å². The highest BCUT2D eigenvalue weighted by molar-refractivity contribution is 6.29. The summed E-state index contributed by atoms with van der Waals surface area (Å²) in [6.45, 7) is 1.55. The number of halogens is 1. The van der Waals surface area contributed by atoms with E-state index in [1.54, 1.807) is 19.2 Å². The second kappa shape index (κ2) is 7.11. The van der Waals surface area contributed by atoms with Gasteiger partial charge in [0, 0.05) is 18.8 Å². The number of pyridine rings is 2. The number of hydrogen-bond donors (Lipinski definition) is 2. The number of nitrogens with two attached hydrogens (primary N) is 1. The van der Waals surface area contributed by atoms with Crippen molar-refractivity contribution in [3.05, 3.63) is 64.9 Å². The van der Waals surface area contributed by atoms with Gasteiger partial charge in [-0.1, -0.05) is 17.7 Å². The van der Waals surface area contributed by atoms with Gasteiger partial charge in [-0.15, -0.1) is 0 Å². The van der Waals surface area contributed by atoms with E-state index in [0.717, 1.165) is 29.7 Å². The van der Waals surface area contributed by atoms with Gasteiger partial charge < -0.3 is 11.1 Å². The Morgan fingerprint density at radius 3 is 2.90 bits per heavy atom. The molecule has 3 heterocycles. The molecule has 0 saturated carbocycles. The second-order valence-electron chi connectivity index (χ2n) is 7.36. The van der Waals surface area contributed by atoms with Gasteiger partial charge in [-0.05, 0) is 60.4 Å². The predicted octanol–water partition coefficient (Wildman–Crippen LogP) is 3.84. The molecule has 1 atom stereocenters. The van der Waals surface area contributed by atoms with Crippen molar-refractivity contribution >= 4 is 34.5 Å². The van der Waals surface area contributed by atoms with Crippen LogP contribution in [0.5, 0.6) is 0 Å². The maximum absolute atomic E-state index is 11.5. The van der Waals surface area contributed by atoms with Crippen LogP contribution in [0.3, 0.4) is 0 Å². The summed E-state index contributed by atoms with van der Waals surface area (Å²) in [5, 5.41) is 3.41. The zero-order chi connectivity index (χ0) is 20.8. The molecular weight excluding hydrogens is 400 g/mol. The number of carbonyl (C=O) groups excluding carboxylic acids is 1. The topological polar surface area (TPSA) is 98.7 Å². The molecule has 7 nitrogen and oxygen atoms in total. The zero-order valence-corrected chi connectivity index (χ0v) is 17.0. The molecule has 4 aromatic rings. The zero-order valence-electron chi connectivity index (χ0n) is 16.3. The van der Waals surface area contributed by atoms with E-state index in [1.165, 1.54) is 5.56 Å². The van der Waals surface area contributed by atoms with Gasteiger partial charge >= 0.3 is 0 Å². The molecule has 1 aliphatic carbocycles. The summed E-state index contributed by atoms with van der Waals surface area (Å²) < 4.78 is 1.96. The van der Waals surface area contributed by atoms with E-state index in [2.05, 4.69) is 27.4 Å². The minimum atomic E-state index is -0.0225. The Morgan fingerprint density at radius 1 is 1.23 bits per heavy atom. The van der Waals surface area contributed by atoms with Gasteiger partial charge in [0.1, 0.15) is 16.5 Å². The van der Waals surface area contributed by atoms with Crippen molar-refractivity contribution in [2.45, 2.75) is 25.8 Å². The number of nitrogens with one attached hydrogen (secondary N) is 1. The highest BCUT2D eigenvalue weighted by Crippen LogP contribution is 2.35. The number of anilines is 1. The molecule has 3 aromatic heterocycles. The quantitative estimate of drug-likeness (QED) is 0.492. The Hall–Kier alpha value is -3.45. The van der Waals surface area contributed by atoms with Crippen molar-refractivity contribution in [1.29, 1.82) is 0 Å². The van der Waals surface area contributed by atoms with Crippen molar-refractivity contribution in [3.8, 4) is 17.1 Å². The number of amides is 1. The molecule has 1 unspecified atom stereocenters. The summed E-state index contributed by atoms with van der Waals surface area (Å²) in [6, 6.07) is 13.5. The Labute approximate surface area is 177 Å². The highest BCUT2D eigenvalue weighted by Gasteiger charge is 2.25. The first-order valence-corrected chi connectivity index (χ1v) is 10.1. The van der Waals surface area contributed by atoms with Crippen LogP contribution in [0.25, 0.3) is 28.2 Å². The fraction of sp³-hybridized carbons (Fsp3) is 0.182. The Kier molecular flexibility index (Phi) is 4.40. The lowest BCUT2D eigenvalue weighted by Crippen LogP contribution is -2.24. The van der Waals surface area contributed by atoms with E-state index in [9.17, 15) is 4.79 Å². The average Bonchev–Trinajstić information content (AvgIpc) is 3.28. The van der Waals surface area contributed by atoms with E-state index in [1.807, 2.05) is 28.8 Å². The Balaban J connectivity index is 1.71. The molecule has 0 fully saturated rings. The van der Waals surface area contributed by atoms with Crippen LogP contribution in [0.4, 0.5) is 5.82 Å². The number of aromatic nitrogens is 4. The Morgan fingerprint density at radius 2 is 2.10 bits per heavy atom. The smallest absolute Gasteiger partial charge is 0.217 e. The van der Waals surface area contributed by atoms with Crippen LogP contribution in [0, 0.1) is 0 Å². The van der Waals surface area contributed by atoms with E-state index in [-0.39, 0.29) is 11.9 Å². The molecule has 0 saturated heterocycles. The van der Waals surface area contributed by atoms with Crippen LogP contribution < -0.4 is 11.1 Å². The molecule has 30 heavy (non-hydrogen) atoms. The summed E-state index contributed by atoms with van der Waals surface area (Å²) in [7, 11) is 0. The third-order valence-electron chi connectivity index (χ3n) is 5.39. The first-order valence-electron chi connectivity index (χ1n) is 9.67. The van der Waals surface area contributed by atoms with E-state index in [0.29, 0.717) is 28.0 Å². The van der Waals surface area contributed by atoms with Crippen molar-refractivity contribution in [2.75, 3.05) is 5.73 Å². The van der Waals surface area contributed by atoms with Crippen molar-refractivity contribution < 1.29 is 4.79 Å². The van der Waals surface area contributed by atoms with Gasteiger partial charge in [-0.3, -0.25) is 9.36 Å². The molecule has 1 aromatic carbocycles. The van der Waals surface area contributed by atoms with Crippen molar-refractivity contribution in [2.24, 2.45) is 0 Å². The fourth-order valence-electron chi connectivity index (χ4n) is 4.10. The molecule has 1 amide bonds. The SMILES string of the molecule is CC(=O)NC1CCc2cc(-n3c(-c4cccnc4N)nc4ccc(Cl)nc43)ccc21. The fourth-order valence-corrected chi connectivity index (χ4v) is 4.25. The third kappa shape index (κ3) is 3.07. The van der Waals surface area contributed by atoms with Gasteiger partial charge in [0.25, 0.3) is 0 Å². The number of hydrogen-bond acceptors (Lipinski definition) is 5.